The van der Waals surface area contributed by atoms with Crippen LogP contribution in [0.2, 0.25) is 0 Å². The molecule has 6 heteroatoms. The first kappa shape index (κ1) is 16.4. The van der Waals surface area contributed by atoms with E-state index < -0.39 is 0 Å². The van der Waals surface area contributed by atoms with Gasteiger partial charge < -0.3 is 10.6 Å². The molecule has 0 aliphatic heterocycles. The van der Waals surface area contributed by atoms with E-state index in [0.717, 1.165) is 27.7 Å². The Morgan fingerprint density at radius 1 is 1.12 bits per heavy atom. The maximum atomic E-state index is 4.54. The number of fused-ring (bicyclic) bond motifs is 1. The van der Waals surface area contributed by atoms with Crippen LogP contribution >= 0.6 is 11.3 Å². The Morgan fingerprint density at radius 2 is 1.92 bits per heavy atom. The number of hydrogen-bond donors (Lipinski definition) is 2. The molecule has 0 atom stereocenters. The maximum Gasteiger partial charge on any atom is 0.191 e. The molecule has 0 bridgehead atoms. The van der Waals surface area contributed by atoms with Crippen LogP contribution in [0.25, 0.3) is 10.8 Å². The van der Waals surface area contributed by atoms with Crippen molar-refractivity contribution in [3.63, 3.8) is 0 Å². The van der Waals surface area contributed by atoms with Crippen molar-refractivity contribution in [3.8, 4) is 0 Å². The fourth-order valence-corrected chi connectivity index (χ4v) is 3.36. The molecular weight excluding hydrogens is 318 g/mol. The second-order valence-electron chi connectivity index (χ2n) is 5.51. The number of nitrogens with zero attached hydrogens (tertiary/aromatic N) is 3. The van der Waals surface area contributed by atoms with Crippen molar-refractivity contribution in [2.75, 3.05) is 7.05 Å². The Hall–Kier alpha value is -2.47. The maximum absolute atomic E-state index is 4.54. The average molecular weight is 339 g/mol. The summed E-state index contributed by atoms with van der Waals surface area (Å²) in [6.07, 6.45) is 1.84. The Morgan fingerprint density at radius 3 is 2.67 bits per heavy atom. The van der Waals surface area contributed by atoms with Gasteiger partial charge >= 0.3 is 0 Å². The van der Waals surface area contributed by atoms with Crippen LogP contribution in [-0.4, -0.2) is 23.0 Å². The van der Waals surface area contributed by atoms with E-state index in [0.29, 0.717) is 13.1 Å². The van der Waals surface area contributed by atoms with E-state index in [1.807, 2.05) is 31.3 Å². The minimum Gasteiger partial charge on any atom is -0.351 e. The molecule has 0 amide bonds. The fraction of sp³-hybridized carbons (Fsp3) is 0.278. The van der Waals surface area contributed by atoms with Crippen molar-refractivity contribution in [2.24, 2.45) is 4.99 Å². The number of hydrogen-bond acceptors (Lipinski definition) is 4. The number of pyridine rings is 1. The van der Waals surface area contributed by atoms with Crippen molar-refractivity contribution < 1.29 is 0 Å². The molecule has 0 aliphatic rings. The normalized spacial score (nSPS) is 11.7. The van der Waals surface area contributed by atoms with Crippen LogP contribution in [0.4, 0.5) is 0 Å². The van der Waals surface area contributed by atoms with Crippen LogP contribution in [-0.2, 0) is 13.1 Å². The third-order valence-electron chi connectivity index (χ3n) is 3.88. The lowest BCUT2D eigenvalue weighted by Crippen LogP contribution is -2.36. The molecule has 0 saturated heterocycles. The predicted octanol–water partition coefficient (Wildman–Crippen LogP) is 3.17. The molecular formula is C18H21N5S. The first-order valence-electron chi connectivity index (χ1n) is 7.87. The average Bonchev–Trinajstić information content (AvgIpc) is 2.93. The molecule has 0 saturated carbocycles. The highest BCUT2D eigenvalue weighted by Gasteiger charge is 2.06. The van der Waals surface area contributed by atoms with Crippen molar-refractivity contribution in [2.45, 2.75) is 26.9 Å². The van der Waals surface area contributed by atoms with Gasteiger partial charge in [-0.2, -0.15) is 0 Å². The summed E-state index contributed by atoms with van der Waals surface area (Å²) in [5, 5.41) is 10.0. The standard InChI is InChI=1S/C18H21N5S/c1-12-13(2)24-17(23-12)11-22-18(19-3)21-10-16-15-7-5-4-6-14(15)8-9-20-16/h4-9H,10-11H2,1-3H3,(H2,19,21,22). The summed E-state index contributed by atoms with van der Waals surface area (Å²) in [4.78, 5) is 14.6. The molecule has 0 aliphatic carbocycles. The number of aromatic nitrogens is 2. The number of nitrogens with one attached hydrogen (secondary N) is 2. The van der Waals surface area contributed by atoms with Crippen molar-refractivity contribution in [1.82, 2.24) is 20.6 Å². The van der Waals surface area contributed by atoms with E-state index in [4.69, 9.17) is 0 Å². The molecule has 0 spiro atoms. The Labute approximate surface area is 145 Å². The predicted molar refractivity (Wildman–Crippen MR) is 100 cm³/mol. The highest BCUT2D eigenvalue weighted by Crippen LogP contribution is 2.17. The van der Waals surface area contributed by atoms with Gasteiger partial charge in [0, 0.05) is 23.5 Å². The van der Waals surface area contributed by atoms with Crippen LogP contribution in [0.1, 0.15) is 21.3 Å². The molecule has 0 unspecified atom stereocenters. The van der Waals surface area contributed by atoms with Crippen LogP contribution in [0.15, 0.2) is 41.5 Å². The van der Waals surface area contributed by atoms with E-state index in [1.165, 1.54) is 10.3 Å². The van der Waals surface area contributed by atoms with Gasteiger partial charge in [0.2, 0.25) is 0 Å². The monoisotopic (exact) mass is 339 g/mol. The first-order valence-corrected chi connectivity index (χ1v) is 8.69. The summed E-state index contributed by atoms with van der Waals surface area (Å²) in [6, 6.07) is 10.3. The zero-order valence-electron chi connectivity index (χ0n) is 14.1. The number of thiazole rings is 1. The lowest BCUT2D eigenvalue weighted by molar-refractivity contribution is 0.794. The van der Waals surface area contributed by atoms with Crippen molar-refractivity contribution in [3.05, 3.63) is 57.8 Å². The lowest BCUT2D eigenvalue weighted by Gasteiger charge is -2.11. The van der Waals surface area contributed by atoms with E-state index in [-0.39, 0.29) is 0 Å². The number of aliphatic imine (C=N–C) groups is 1. The smallest absolute Gasteiger partial charge is 0.191 e. The highest BCUT2D eigenvalue weighted by atomic mass is 32.1. The van der Waals surface area contributed by atoms with E-state index in [2.05, 4.69) is 44.7 Å². The molecule has 0 fully saturated rings. The zero-order chi connectivity index (χ0) is 16.9. The minimum atomic E-state index is 0.622. The van der Waals surface area contributed by atoms with Gasteiger partial charge in [0.05, 0.1) is 24.5 Å². The third-order valence-corrected chi connectivity index (χ3v) is 4.96. The zero-order valence-corrected chi connectivity index (χ0v) is 14.9. The van der Waals surface area contributed by atoms with Crippen molar-refractivity contribution >= 4 is 28.1 Å². The van der Waals surface area contributed by atoms with Crippen LogP contribution < -0.4 is 10.6 Å². The molecule has 1 aromatic carbocycles. The molecule has 3 aromatic rings. The number of aryl methyl sites for hydroxylation is 2. The largest absolute Gasteiger partial charge is 0.351 e. The minimum absolute atomic E-state index is 0.622. The van der Waals surface area contributed by atoms with Gasteiger partial charge in [0.1, 0.15) is 5.01 Å². The van der Waals surface area contributed by atoms with Gasteiger partial charge in [-0.1, -0.05) is 24.3 Å². The quantitative estimate of drug-likeness (QED) is 0.566. The van der Waals surface area contributed by atoms with Crippen LogP contribution in [0.3, 0.4) is 0 Å². The Kier molecular flexibility index (Phi) is 5.05. The molecule has 124 valence electrons. The Balaban J connectivity index is 1.63. The van der Waals surface area contributed by atoms with E-state index in [9.17, 15) is 0 Å². The van der Waals surface area contributed by atoms with Crippen LogP contribution in [0, 0.1) is 13.8 Å². The lowest BCUT2D eigenvalue weighted by atomic mass is 10.1. The van der Waals surface area contributed by atoms with Crippen LogP contribution in [0.5, 0.6) is 0 Å². The molecule has 2 heterocycles. The summed E-state index contributed by atoms with van der Waals surface area (Å²) in [5.74, 6) is 0.746. The van der Waals surface area contributed by atoms with Gasteiger partial charge in [-0.3, -0.25) is 9.98 Å². The van der Waals surface area contributed by atoms with Gasteiger partial charge in [0.25, 0.3) is 0 Å². The van der Waals surface area contributed by atoms with E-state index >= 15 is 0 Å². The topological polar surface area (TPSA) is 62.2 Å². The molecule has 2 aromatic heterocycles. The fourth-order valence-electron chi connectivity index (χ4n) is 2.49. The highest BCUT2D eigenvalue weighted by molar-refractivity contribution is 7.11. The second kappa shape index (κ2) is 7.40. The van der Waals surface area contributed by atoms with E-state index in [1.54, 1.807) is 18.4 Å². The summed E-state index contributed by atoms with van der Waals surface area (Å²) in [5.41, 5.74) is 2.11. The molecule has 2 N–H and O–H groups in total. The third kappa shape index (κ3) is 3.71. The Bertz CT molecular complexity index is 844. The molecule has 0 radical (unpaired) electrons. The summed E-state index contributed by atoms with van der Waals surface area (Å²) in [6.45, 7) is 5.42. The SMILES string of the molecule is CN=C(NCc1nc(C)c(C)s1)NCc1nccc2ccccc12. The van der Waals surface area contributed by atoms with Gasteiger partial charge in [0.15, 0.2) is 5.96 Å². The van der Waals surface area contributed by atoms with Gasteiger partial charge in [-0.25, -0.2) is 4.98 Å². The summed E-state index contributed by atoms with van der Waals surface area (Å²) in [7, 11) is 1.77. The number of rotatable bonds is 4. The number of benzene rings is 1. The summed E-state index contributed by atoms with van der Waals surface area (Å²) >= 11 is 1.71. The first-order chi connectivity index (χ1) is 11.7. The number of guanidine groups is 1. The molecule has 5 nitrogen and oxygen atoms in total. The van der Waals surface area contributed by atoms with Gasteiger partial charge in [-0.15, -0.1) is 11.3 Å². The second-order valence-corrected chi connectivity index (χ2v) is 6.80. The summed E-state index contributed by atoms with van der Waals surface area (Å²) < 4.78 is 0. The van der Waals surface area contributed by atoms with Crippen molar-refractivity contribution in [1.29, 1.82) is 0 Å². The van der Waals surface area contributed by atoms with Gasteiger partial charge in [-0.05, 0) is 25.3 Å². The molecule has 24 heavy (non-hydrogen) atoms. The molecule has 3 rings (SSSR count).